The summed E-state index contributed by atoms with van der Waals surface area (Å²) in [5.74, 6) is -7.83. The number of benzene rings is 2. The lowest BCUT2D eigenvalue weighted by Crippen LogP contribution is -2.62. The highest BCUT2D eigenvalue weighted by atomic mass is 32.2. The molecule has 1 aliphatic rings. The summed E-state index contributed by atoms with van der Waals surface area (Å²) in [6, 6.07) is 5.28. The maximum Gasteiger partial charge on any atom is 0.273 e. The quantitative estimate of drug-likeness (QED) is 0.525. The molecule has 0 aliphatic carbocycles. The predicted octanol–water partition coefficient (Wildman–Crippen LogP) is 4.36. The molecule has 1 heterocycles. The Morgan fingerprint density at radius 1 is 1.10 bits per heavy atom. The standard InChI is InChI=1S/C20H20F5N3O2S/c1-4-20(24,25)12-7-5-11(6-8-12)17-19(2,27-18(26)28(3)31(17,29)30)13-9-15(22)16(23)10-14(13)21/h5-10,17H,4H2,1-3H3,(H2,26,27)/t17-,19-/m1/s1. The van der Waals surface area contributed by atoms with Gasteiger partial charge in [-0.1, -0.05) is 31.2 Å². The Hall–Kier alpha value is -2.69. The normalized spacial score (nSPS) is 23.5. The van der Waals surface area contributed by atoms with Gasteiger partial charge in [0.15, 0.2) is 11.6 Å². The topological polar surface area (TPSA) is 73.3 Å². The van der Waals surface area contributed by atoms with E-state index in [-0.39, 0.29) is 17.2 Å². The van der Waals surface area contributed by atoms with Crippen LogP contribution in [0.4, 0.5) is 22.0 Å². The van der Waals surface area contributed by atoms with Crippen molar-refractivity contribution in [1.82, 2.24) is 9.62 Å². The molecule has 0 saturated carbocycles. The number of nitrogens with one attached hydrogen (secondary N) is 2. The van der Waals surface area contributed by atoms with E-state index in [1.54, 1.807) is 0 Å². The van der Waals surface area contributed by atoms with Crippen LogP contribution in [0.1, 0.15) is 42.2 Å². The molecule has 2 atom stereocenters. The number of alkyl halides is 2. The molecule has 1 fully saturated rings. The number of sulfonamides is 1. The van der Waals surface area contributed by atoms with Gasteiger partial charge in [-0.25, -0.2) is 34.7 Å². The van der Waals surface area contributed by atoms with Crippen molar-refractivity contribution >= 4 is 16.0 Å². The fraction of sp³-hybridized carbons (Fsp3) is 0.350. The largest absolute Gasteiger partial charge is 0.345 e. The monoisotopic (exact) mass is 461 g/mol. The van der Waals surface area contributed by atoms with Crippen molar-refractivity contribution < 1.29 is 30.4 Å². The van der Waals surface area contributed by atoms with Gasteiger partial charge in [-0.15, -0.1) is 0 Å². The van der Waals surface area contributed by atoms with Crippen LogP contribution in [-0.4, -0.2) is 25.7 Å². The van der Waals surface area contributed by atoms with E-state index in [1.807, 2.05) is 0 Å². The van der Waals surface area contributed by atoms with Crippen molar-refractivity contribution in [3.8, 4) is 0 Å². The average molecular weight is 461 g/mol. The average Bonchev–Trinajstić information content (AvgIpc) is 2.69. The first-order chi connectivity index (χ1) is 14.3. The summed E-state index contributed by atoms with van der Waals surface area (Å²) in [6.07, 6.45) is -0.465. The molecule has 2 aromatic carbocycles. The number of guanidine groups is 1. The maximum atomic E-state index is 14.7. The molecule has 168 valence electrons. The Morgan fingerprint density at radius 2 is 1.65 bits per heavy atom. The second-order valence-corrected chi connectivity index (χ2v) is 9.54. The first-order valence-electron chi connectivity index (χ1n) is 9.23. The zero-order valence-corrected chi connectivity index (χ0v) is 17.6. The van der Waals surface area contributed by atoms with Crippen molar-refractivity contribution in [3.05, 3.63) is 70.5 Å². The van der Waals surface area contributed by atoms with Gasteiger partial charge in [-0.05, 0) is 18.6 Å². The van der Waals surface area contributed by atoms with Crippen molar-refractivity contribution in [3.63, 3.8) is 0 Å². The van der Waals surface area contributed by atoms with Crippen molar-refractivity contribution in [2.45, 2.75) is 37.0 Å². The first-order valence-corrected chi connectivity index (χ1v) is 10.7. The van der Waals surface area contributed by atoms with E-state index in [4.69, 9.17) is 5.41 Å². The fourth-order valence-corrected chi connectivity index (χ4v) is 5.61. The molecule has 0 spiro atoms. The summed E-state index contributed by atoms with van der Waals surface area (Å²) in [7, 11) is -3.28. The summed E-state index contributed by atoms with van der Waals surface area (Å²) >= 11 is 0. The maximum absolute atomic E-state index is 14.7. The van der Waals surface area contributed by atoms with E-state index in [0.717, 1.165) is 19.2 Å². The van der Waals surface area contributed by atoms with Crippen LogP contribution in [0.15, 0.2) is 36.4 Å². The van der Waals surface area contributed by atoms with Crippen LogP contribution in [0.2, 0.25) is 0 Å². The summed E-state index contributed by atoms with van der Waals surface area (Å²) in [5.41, 5.74) is -2.80. The molecule has 0 radical (unpaired) electrons. The van der Waals surface area contributed by atoms with Crippen LogP contribution in [0, 0.1) is 22.9 Å². The molecule has 0 amide bonds. The second kappa shape index (κ2) is 7.47. The van der Waals surface area contributed by atoms with Crippen molar-refractivity contribution in [2.24, 2.45) is 0 Å². The molecular formula is C20H20F5N3O2S. The Labute approximate surface area is 176 Å². The van der Waals surface area contributed by atoms with Crippen LogP contribution in [0.5, 0.6) is 0 Å². The smallest absolute Gasteiger partial charge is 0.273 e. The molecule has 11 heteroatoms. The van der Waals surface area contributed by atoms with Gasteiger partial charge in [0.2, 0.25) is 16.0 Å². The molecule has 31 heavy (non-hydrogen) atoms. The second-order valence-electron chi connectivity index (χ2n) is 7.49. The Bertz CT molecular complexity index is 1140. The summed E-state index contributed by atoms with van der Waals surface area (Å²) in [5, 5.41) is 8.88. The van der Waals surface area contributed by atoms with E-state index < -0.39 is 62.1 Å². The predicted molar refractivity (Wildman–Crippen MR) is 105 cm³/mol. The molecule has 1 saturated heterocycles. The molecule has 2 aromatic rings. The van der Waals surface area contributed by atoms with Crippen LogP contribution in [-0.2, 0) is 21.5 Å². The minimum absolute atomic E-state index is 0.00846. The van der Waals surface area contributed by atoms with Gasteiger partial charge >= 0.3 is 0 Å². The van der Waals surface area contributed by atoms with Crippen LogP contribution < -0.4 is 5.32 Å². The molecule has 0 unspecified atom stereocenters. The Balaban J connectivity index is 2.25. The van der Waals surface area contributed by atoms with Gasteiger partial charge in [0, 0.05) is 30.7 Å². The first kappa shape index (κ1) is 23.0. The van der Waals surface area contributed by atoms with E-state index >= 15 is 0 Å². The van der Waals surface area contributed by atoms with Crippen molar-refractivity contribution in [2.75, 3.05) is 7.05 Å². The molecule has 0 aromatic heterocycles. The van der Waals surface area contributed by atoms with Gasteiger partial charge < -0.3 is 5.32 Å². The lowest BCUT2D eigenvalue weighted by Gasteiger charge is -2.46. The van der Waals surface area contributed by atoms with Gasteiger partial charge in [-0.2, -0.15) is 0 Å². The number of hydrogen-bond acceptors (Lipinski definition) is 3. The number of rotatable bonds is 4. The highest BCUT2D eigenvalue weighted by Crippen LogP contribution is 2.46. The minimum Gasteiger partial charge on any atom is -0.345 e. The third-order valence-electron chi connectivity index (χ3n) is 5.55. The third-order valence-corrected chi connectivity index (χ3v) is 7.83. The van der Waals surface area contributed by atoms with E-state index in [0.29, 0.717) is 10.4 Å². The fourth-order valence-electron chi connectivity index (χ4n) is 3.71. The molecule has 1 aliphatic heterocycles. The summed E-state index contributed by atoms with van der Waals surface area (Å²) in [4.78, 5) is 0. The van der Waals surface area contributed by atoms with E-state index in [1.165, 1.54) is 26.0 Å². The molecule has 5 nitrogen and oxygen atoms in total. The Kier molecular flexibility index (Phi) is 5.54. The highest BCUT2D eigenvalue weighted by molar-refractivity contribution is 7.90. The van der Waals surface area contributed by atoms with E-state index in [2.05, 4.69) is 5.32 Å². The summed E-state index contributed by atoms with van der Waals surface area (Å²) in [6.45, 7) is 2.52. The molecule has 2 N–H and O–H groups in total. The zero-order valence-electron chi connectivity index (χ0n) is 16.8. The Morgan fingerprint density at radius 3 is 2.19 bits per heavy atom. The van der Waals surface area contributed by atoms with Crippen LogP contribution >= 0.6 is 0 Å². The zero-order chi connectivity index (χ0) is 23.4. The van der Waals surface area contributed by atoms with E-state index in [9.17, 15) is 30.4 Å². The van der Waals surface area contributed by atoms with Crippen LogP contribution in [0.25, 0.3) is 0 Å². The van der Waals surface area contributed by atoms with Gasteiger partial charge in [0.05, 0.1) is 5.54 Å². The molecule has 0 bridgehead atoms. The van der Waals surface area contributed by atoms with Crippen LogP contribution in [0.3, 0.4) is 0 Å². The molecular weight excluding hydrogens is 441 g/mol. The van der Waals surface area contributed by atoms with Crippen molar-refractivity contribution in [1.29, 1.82) is 5.41 Å². The lowest BCUT2D eigenvalue weighted by molar-refractivity contribution is -0.00830. The summed E-state index contributed by atoms with van der Waals surface area (Å²) < 4.78 is 97.1. The molecule has 3 rings (SSSR count). The SMILES string of the molecule is CCC(F)(F)c1ccc([C@@H]2[C@@](C)(c3cc(F)c(F)cc3F)NC(=N)N(C)S2(=O)=O)cc1. The van der Waals surface area contributed by atoms with Gasteiger partial charge in [-0.3, -0.25) is 5.41 Å². The number of halogens is 5. The van der Waals surface area contributed by atoms with Gasteiger partial charge in [0.1, 0.15) is 11.1 Å². The minimum atomic E-state index is -4.38. The van der Waals surface area contributed by atoms with Gasteiger partial charge in [0.25, 0.3) is 5.92 Å². The number of nitrogens with zero attached hydrogens (tertiary/aromatic N) is 1. The number of hydrogen-bond donors (Lipinski definition) is 2. The third kappa shape index (κ3) is 3.64. The highest BCUT2D eigenvalue weighted by Gasteiger charge is 2.53. The lowest BCUT2D eigenvalue weighted by atomic mass is 9.83.